The molecule has 0 amide bonds. The Bertz CT molecular complexity index is 1000. The SMILES string of the molecule is Cc1cccc(C)c1OCC(=O)OCc1cc(=O)n2cccc(C)c2n1. The molecular formula is C20H20N2O4. The largest absolute Gasteiger partial charge is 0.481 e. The lowest BCUT2D eigenvalue weighted by atomic mass is 10.1. The van der Waals surface area contributed by atoms with E-state index < -0.39 is 5.97 Å². The summed E-state index contributed by atoms with van der Waals surface area (Å²) >= 11 is 0. The highest BCUT2D eigenvalue weighted by molar-refractivity contribution is 5.71. The van der Waals surface area contributed by atoms with E-state index in [1.54, 1.807) is 12.3 Å². The fraction of sp³-hybridized carbons (Fsp3) is 0.250. The molecule has 0 atom stereocenters. The molecule has 0 N–H and O–H groups in total. The van der Waals surface area contributed by atoms with Crippen LogP contribution in [0.25, 0.3) is 5.65 Å². The van der Waals surface area contributed by atoms with Crippen molar-refractivity contribution in [1.82, 2.24) is 9.38 Å². The normalized spacial score (nSPS) is 10.7. The Hall–Kier alpha value is -3.15. The lowest BCUT2D eigenvalue weighted by Gasteiger charge is -2.11. The number of carbonyl (C=O) groups is 1. The van der Waals surface area contributed by atoms with Crippen LogP contribution in [0.15, 0.2) is 47.4 Å². The van der Waals surface area contributed by atoms with Crippen molar-refractivity contribution >= 4 is 11.6 Å². The van der Waals surface area contributed by atoms with Gasteiger partial charge in [0, 0.05) is 12.3 Å². The lowest BCUT2D eigenvalue weighted by Crippen LogP contribution is -2.19. The second-order valence-electron chi connectivity index (χ2n) is 6.14. The van der Waals surface area contributed by atoms with Gasteiger partial charge in [-0.3, -0.25) is 9.20 Å². The standard InChI is InChI=1S/C20H20N2O4/c1-13-6-4-7-14(2)19(13)26-12-18(24)25-11-16-10-17(23)22-9-5-8-15(3)20(22)21-16/h4-10H,11-12H2,1-3H3. The molecule has 26 heavy (non-hydrogen) atoms. The number of hydrogen-bond acceptors (Lipinski definition) is 5. The third kappa shape index (κ3) is 3.74. The van der Waals surface area contributed by atoms with Crippen molar-refractivity contribution in [1.29, 1.82) is 0 Å². The Balaban J connectivity index is 1.66. The fourth-order valence-corrected chi connectivity index (χ4v) is 2.74. The first kappa shape index (κ1) is 17.7. The van der Waals surface area contributed by atoms with Crippen molar-refractivity contribution in [3.05, 3.63) is 75.3 Å². The molecule has 0 aliphatic carbocycles. The number of benzene rings is 1. The van der Waals surface area contributed by atoms with Crippen molar-refractivity contribution in [2.75, 3.05) is 6.61 Å². The van der Waals surface area contributed by atoms with Crippen LogP contribution in [0.5, 0.6) is 5.75 Å². The van der Waals surface area contributed by atoms with Gasteiger partial charge in [0.2, 0.25) is 0 Å². The number of ether oxygens (including phenoxy) is 2. The van der Waals surface area contributed by atoms with E-state index in [0.29, 0.717) is 17.1 Å². The number of fused-ring (bicyclic) bond motifs is 1. The van der Waals surface area contributed by atoms with Crippen LogP contribution in [0.1, 0.15) is 22.4 Å². The molecule has 0 spiro atoms. The topological polar surface area (TPSA) is 69.9 Å². The number of para-hydroxylation sites is 1. The molecule has 3 aromatic rings. The summed E-state index contributed by atoms with van der Waals surface area (Å²) in [6.07, 6.45) is 1.66. The maximum absolute atomic E-state index is 12.1. The summed E-state index contributed by atoms with van der Waals surface area (Å²) in [5.41, 5.74) is 3.53. The minimum absolute atomic E-state index is 0.0744. The van der Waals surface area contributed by atoms with Crippen molar-refractivity contribution in [3.63, 3.8) is 0 Å². The first-order valence-corrected chi connectivity index (χ1v) is 8.28. The summed E-state index contributed by atoms with van der Waals surface area (Å²) in [6, 6.07) is 10.8. The lowest BCUT2D eigenvalue weighted by molar-refractivity contribution is -0.147. The second kappa shape index (κ2) is 7.39. The van der Waals surface area contributed by atoms with Gasteiger partial charge in [0.25, 0.3) is 5.56 Å². The van der Waals surface area contributed by atoms with Crippen molar-refractivity contribution in [2.45, 2.75) is 27.4 Å². The van der Waals surface area contributed by atoms with Gasteiger partial charge in [-0.15, -0.1) is 0 Å². The van der Waals surface area contributed by atoms with E-state index in [1.807, 2.05) is 45.0 Å². The molecule has 0 bridgehead atoms. The van der Waals surface area contributed by atoms with E-state index in [9.17, 15) is 9.59 Å². The molecule has 0 unspecified atom stereocenters. The van der Waals surface area contributed by atoms with Crippen molar-refractivity contribution in [3.8, 4) is 5.75 Å². The molecule has 1 aromatic carbocycles. The minimum atomic E-state index is -0.514. The number of esters is 1. The molecule has 0 fully saturated rings. The van der Waals surface area contributed by atoms with Crippen LogP contribution < -0.4 is 10.3 Å². The van der Waals surface area contributed by atoms with E-state index in [-0.39, 0.29) is 18.8 Å². The van der Waals surface area contributed by atoms with Gasteiger partial charge >= 0.3 is 5.97 Å². The zero-order valence-corrected chi connectivity index (χ0v) is 15.0. The van der Waals surface area contributed by atoms with Crippen LogP contribution in [-0.2, 0) is 16.1 Å². The molecular weight excluding hydrogens is 332 g/mol. The molecule has 6 heteroatoms. The third-order valence-corrected chi connectivity index (χ3v) is 4.06. The second-order valence-corrected chi connectivity index (χ2v) is 6.14. The van der Waals surface area contributed by atoms with Crippen LogP contribution in [0.2, 0.25) is 0 Å². The molecule has 0 aliphatic heterocycles. The number of rotatable bonds is 5. The molecule has 0 aliphatic rings. The Morgan fingerprint density at radius 1 is 1.08 bits per heavy atom. The van der Waals surface area contributed by atoms with Gasteiger partial charge in [0.1, 0.15) is 18.0 Å². The third-order valence-electron chi connectivity index (χ3n) is 4.06. The predicted molar refractivity (Wildman–Crippen MR) is 97.4 cm³/mol. The Morgan fingerprint density at radius 2 is 1.77 bits per heavy atom. The Kier molecular flexibility index (Phi) is 5.02. The summed E-state index contributed by atoms with van der Waals surface area (Å²) in [5, 5.41) is 0. The van der Waals surface area contributed by atoms with Gasteiger partial charge in [0.15, 0.2) is 6.61 Å². The smallest absolute Gasteiger partial charge is 0.344 e. The van der Waals surface area contributed by atoms with Crippen LogP contribution in [0.3, 0.4) is 0 Å². The van der Waals surface area contributed by atoms with Gasteiger partial charge in [-0.25, -0.2) is 9.78 Å². The summed E-state index contributed by atoms with van der Waals surface area (Å²) in [5.74, 6) is 0.168. The van der Waals surface area contributed by atoms with Crippen LogP contribution in [0.4, 0.5) is 0 Å². The molecule has 0 radical (unpaired) electrons. The van der Waals surface area contributed by atoms with Crippen molar-refractivity contribution in [2.24, 2.45) is 0 Å². The maximum Gasteiger partial charge on any atom is 0.344 e. The van der Waals surface area contributed by atoms with Crippen LogP contribution in [0, 0.1) is 20.8 Å². The molecule has 2 heterocycles. The fourth-order valence-electron chi connectivity index (χ4n) is 2.74. The Morgan fingerprint density at radius 3 is 2.50 bits per heavy atom. The van der Waals surface area contributed by atoms with E-state index in [2.05, 4.69) is 4.98 Å². The van der Waals surface area contributed by atoms with Gasteiger partial charge in [-0.05, 0) is 43.5 Å². The van der Waals surface area contributed by atoms with Gasteiger partial charge in [-0.2, -0.15) is 0 Å². The highest BCUT2D eigenvalue weighted by Crippen LogP contribution is 2.22. The molecule has 0 saturated heterocycles. The average molecular weight is 352 g/mol. The van der Waals surface area contributed by atoms with Gasteiger partial charge in [0.05, 0.1) is 5.69 Å². The van der Waals surface area contributed by atoms with Gasteiger partial charge < -0.3 is 9.47 Å². The average Bonchev–Trinajstić information content (AvgIpc) is 2.60. The number of carbonyl (C=O) groups excluding carboxylic acids is 1. The van der Waals surface area contributed by atoms with E-state index in [1.165, 1.54) is 10.5 Å². The zero-order valence-electron chi connectivity index (χ0n) is 15.0. The number of aromatic nitrogens is 2. The van der Waals surface area contributed by atoms with E-state index >= 15 is 0 Å². The summed E-state index contributed by atoms with van der Waals surface area (Å²) < 4.78 is 12.2. The monoisotopic (exact) mass is 352 g/mol. The van der Waals surface area contributed by atoms with Crippen molar-refractivity contribution < 1.29 is 14.3 Å². The predicted octanol–water partition coefficient (Wildman–Crippen LogP) is 2.74. The molecule has 6 nitrogen and oxygen atoms in total. The highest BCUT2D eigenvalue weighted by Gasteiger charge is 2.10. The highest BCUT2D eigenvalue weighted by atomic mass is 16.6. The molecule has 0 saturated carbocycles. The summed E-state index contributed by atoms with van der Waals surface area (Å²) in [7, 11) is 0. The number of hydrogen-bond donors (Lipinski definition) is 0. The number of nitrogens with zero attached hydrogens (tertiary/aromatic N) is 2. The first-order chi connectivity index (χ1) is 12.5. The quantitative estimate of drug-likeness (QED) is 0.661. The van der Waals surface area contributed by atoms with Crippen LogP contribution >= 0.6 is 0 Å². The summed E-state index contributed by atoms with van der Waals surface area (Å²) in [4.78, 5) is 28.5. The van der Waals surface area contributed by atoms with Gasteiger partial charge in [-0.1, -0.05) is 24.3 Å². The molecule has 3 rings (SSSR count). The first-order valence-electron chi connectivity index (χ1n) is 8.28. The zero-order chi connectivity index (χ0) is 18.7. The maximum atomic E-state index is 12.1. The minimum Gasteiger partial charge on any atom is -0.481 e. The Labute approximate surface area is 151 Å². The molecule has 134 valence electrons. The van der Waals surface area contributed by atoms with Crippen LogP contribution in [-0.4, -0.2) is 22.0 Å². The molecule has 2 aromatic heterocycles. The number of pyridine rings is 1. The van der Waals surface area contributed by atoms with E-state index in [0.717, 1.165) is 16.7 Å². The summed E-state index contributed by atoms with van der Waals surface area (Å²) in [6.45, 7) is 5.44. The number of aryl methyl sites for hydroxylation is 3. The van der Waals surface area contributed by atoms with E-state index in [4.69, 9.17) is 9.47 Å².